The van der Waals surface area contributed by atoms with Crippen molar-refractivity contribution in [1.29, 1.82) is 0 Å². The number of piperidine rings is 1. The van der Waals surface area contributed by atoms with Gasteiger partial charge in [-0.15, -0.1) is 0 Å². The number of hydrogen-bond donors (Lipinski definition) is 1. The minimum absolute atomic E-state index is 0.0812. The molecule has 3 aromatic rings. The van der Waals surface area contributed by atoms with E-state index in [1.165, 1.54) is 13.8 Å². The van der Waals surface area contributed by atoms with Gasteiger partial charge >= 0.3 is 6.18 Å². The van der Waals surface area contributed by atoms with Crippen molar-refractivity contribution in [1.82, 2.24) is 20.2 Å². The van der Waals surface area contributed by atoms with Crippen LogP contribution in [0.4, 0.5) is 18.9 Å². The Kier molecular flexibility index (Phi) is 9.86. The van der Waals surface area contributed by atoms with Crippen LogP contribution in [-0.4, -0.2) is 59.6 Å². The molecule has 2 aromatic heterocycles. The van der Waals surface area contributed by atoms with Crippen LogP contribution in [-0.2, 0) is 12.7 Å². The van der Waals surface area contributed by atoms with Gasteiger partial charge in [-0.05, 0) is 87.6 Å². The Morgan fingerprint density at radius 2 is 1.88 bits per heavy atom. The molecule has 0 unspecified atom stereocenters. The molecule has 10 heteroatoms. The van der Waals surface area contributed by atoms with Gasteiger partial charge in [0.05, 0.1) is 18.4 Å². The zero-order chi connectivity index (χ0) is 29.6. The van der Waals surface area contributed by atoms with Crippen molar-refractivity contribution in [2.75, 3.05) is 31.6 Å². The van der Waals surface area contributed by atoms with Crippen LogP contribution >= 0.6 is 0 Å². The van der Waals surface area contributed by atoms with Crippen LogP contribution in [0.25, 0.3) is 0 Å². The highest BCUT2D eigenvalue weighted by atomic mass is 19.4. The van der Waals surface area contributed by atoms with Gasteiger partial charge in [0.1, 0.15) is 11.4 Å². The number of halogens is 3. The van der Waals surface area contributed by atoms with Gasteiger partial charge in [-0.1, -0.05) is 6.07 Å². The van der Waals surface area contributed by atoms with E-state index in [4.69, 9.17) is 4.74 Å². The molecule has 1 fully saturated rings. The Balaban J connectivity index is 1.32. The van der Waals surface area contributed by atoms with E-state index in [0.717, 1.165) is 62.0 Å². The normalized spacial score (nSPS) is 15.4. The van der Waals surface area contributed by atoms with Crippen molar-refractivity contribution in [3.8, 4) is 5.75 Å². The van der Waals surface area contributed by atoms with E-state index in [-0.39, 0.29) is 22.9 Å². The second-order valence-corrected chi connectivity index (χ2v) is 10.6. The maximum absolute atomic E-state index is 13.1. The van der Waals surface area contributed by atoms with Crippen LogP contribution < -0.4 is 15.0 Å². The van der Waals surface area contributed by atoms with Crippen molar-refractivity contribution < 1.29 is 22.7 Å². The van der Waals surface area contributed by atoms with Gasteiger partial charge in [-0.3, -0.25) is 9.78 Å². The summed E-state index contributed by atoms with van der Waals surface area (Å²) in [5.41, 5.74) is 1.88. The number of benzene rings is 1. The number of ether oxygens (including phenoxy) is 1. The fraction of sp³-hybridized carbons (Fsp3) is 0.452. The highest BCUT2D eigenvalue weighted by Gasteiger charge is 2.34. The van der Waals surface area contributed by atoms with Crippen LogP contribution in [0.1, 0.15) is 59.1 Å². The van der Waals surface area contributed by atoms with Crippen LogP contribution in [0, 0.1) is 13.8 Å². The molecule has 1 atom stereocenters. The summed E-state index contributed by atoms with van der Waals surface area (Å²) in [5.74, 6) is 0.434. The Morgan fingerprint density at radius 3 is 2.46 bits per heavy atom. The molecule has 1 aliphatic rings. The second kappa shape index (κ2) is 13.3. The summed E-state index contributed by atoms with van der Waals surface area (Å²) in [6.45, 7) is 8.16. The first kappa shape index (κ1) is 30.3. The Morgan fingerprint density at radius 1 is 1.17 bits per heavy atom. The van der Waals surface area contributed by atoms with E-state index in [0.29, 0.717) is 12.6 Å². The molecule has 0 radical (unpaired) electrons. The van der Waals surface area contributed by atoms with Crippen molar-refractivity contribution in [2.45, 2.75) is 64.8 Å². The fourth-order valence-corrected chi connectivity index (χ4v) is 5.52. The van der Waals surface area contributed by atoms with E-state index >= 15 is 0 Å². The third-order valence-electron chi connectivity index (χ3n) is 7.81. The highest BCUT2D eigenvalue weighted by molar-refractivity contribution is 5.96. The summed E-state index contributed by atoms with van der Waals surface area (Å²) in [6, 6.07) is 13.8. The van der Waals surface area contributed by atoms with Gasteiger partial charge in [0, 0.05) is 56.3 Å². The number of carbonyl (C=O) groups excluding carboxylic acids is 1. The van der Waals surface area contributed by atoms with Crippen molar-refractivity contribution >= 4 is 11.6 Å². The van der Waals surface area contributed by atoms with Gasteiger partial charge in [-0.25, -0.2) is 4.98 Å². The first-order valence-electron chi connectivity index (χ1n) is 13.9. The molecule has 1 amide bonds. The number of methoxy groups -OCH3 is 1. The van der Waals surface area contributed by atoms with E-state index in [2.05, 4.69) is 50.2 Å². The molecule has 41 heavy (non-hydrogen) atoms. The lowest BCUT2D eigenvalue weighted by Crippen LogP contribution is -2.48. The van der Waals surface area contributed by atoms with Crippen LogP contribution in [0.15, 0.2) is 54.9 Å². The topological polar surface area (TPSA) is 70.6 Å². The third kappa shape index (κ3) is 7.75. The summed E-state index contributed by atoms with van der Waals surface area (Å²) < 4.78 is 44.5. The molecule has 7 nitrogen and oxygen atoms in total. The van der Waals surface area contributed by atoms with E-state index < -0.39 is 17.8 Å². The number of nitrogens with zero attached hydrogens (tertiary/aromatic N) is 4. The number of aromatic nitrogens is 2. The van der Waals surface area contributed by atoms with Crippen molar-refractivity contribution in [3.05, 3.63) is 82.9 Å². The zero-order valence-corrected chi connectivity index (χ0v) is 24.0. The van der Waals surface area contributed by atoms with Gasteiger partial charge in [-0.2, -0.15) is 13.2 Å². The average Bonchev–Trinajstić information content (AvgIpc) is 2.96. The number of alkyl halides is 3. The first-order valence-corrected chi connectivity index (χ1v) is 13.9. The number of aryl methyl sites for hydroxylation is 2. The maximum Gasteiger partial charge on any atom is 0.433 e. The lowest BCUT2D eigenvalue weighted by molar-refractivity contribution is -0.141. The Labute approximate surface area is 239 Å². The summed E-state index contributed by atoms with van der Waals surface area (Å²) in [4.78, 5) is 25.6. The lowest BCUT2D eigenvalue weighted by Gasteiger charge is -2.42. The van der Waals surface area contributed by atoms with E-state index in [1.54, 1.807) is 13.3 Å². The number of likely N-dealkylation sites (tertiary alicyclic amines) is 1. The van der Waals surface area contributed by atoms with Crippen LogP contribution in [0.3, 0.4) is 0 Å². The van der Waals surface area contributed by atoms with Crippen LogP contribution in [0.2, 0.25) is 0 Å². The Bertz CT molecular complexity index is 1270. The molecule has 0 bridgehead atoms. The van der Waals surface area contributed by atoms with E-state index in [1.807, 2.05) is 24.4 Å². The summed E-state index contributed by atoms with van der Waals surface area (Å²) in [5, 5.41) is 2.88. The average molecular weight is 570 g/mol. The fourth-order valence-electron chi connectivity index (χ4n) is 5.52. The predicted octanol–water partition coefficient (Wildman–Crippen LogP) is 5.80. The van der Waals surface area contributed by atoms with Crippen molar-refractivity contribution in [3.63, 3.8) is 0 Å². The number of amides is 1. The lowest BCUT2D eigenvalue weighted by atomic mass is 9.99. The maximum atomic E-state index is 13.1. The molecule has 1 saturated heterocycles. The van der Waals surface area contributed by atoms with Crippen LogP contribution in [0.5, 0.6) is 5.75 Å². The third-order valence-corrected chi connectivity index (χ3v) is 7.81. The quantitative estimate of drug-likeness (QED) is 0.333. The summed E-state index contributed by atoms with van der Waals surface area (Å²) in [7, 11) is 1.67. The van der Waals surface area contributed by atoms with Gasteiger partial charge in [0.15, 0.2) is 0 Å². The number of anilines is 1. The largest absolute Gasteiger partial charge is 0.497 e. The number of rotatable bonds is 10. The molecular formula is C31H38F3N5O2. The smallest absolute Gasteiger partial charge is 0.433 e. The van der Waals surface area contributed by atoms with Gasteiger partial charge in [0.2, 0.25) is 0 Å². The monoisotopic (exact) mass is 569 g/mol. The van der Waals surface area contributed by atoms with Crippen molar-refractivity contribution in [2.24, 2.45) is 0 Å². The molecule has 0 saturated carbocycles. The minimum Gasteiger partial charge on any atom is -0.497 e. The van der Waals surface area contributed by atoms with E-state index in [9.17, 15) is 18.0 Å². The minimum atomic E-state index is -4.54. The molecule has 1 N–H and O–H groups in total. The predicted molar refractivity (Wildman–Crippen MR) is 153 cm³/mol. The number of carbonyl (C=O) groups is 1. The molecule has 0 aliphatic carbocycles. The standard InChI is InChI=1S/C31H38F3N5O2/c1-21-18-28(31(32,33)34)37-23(3)29(21)30(40)36-15-11-22(2)38-16-12-26(13-17-38)39(20-24-6-5-14-35-19-24)25-7-9-27(41-4)10-8-25/h5-10,14,18-19,22,26H,11-13,15-17,20H2,1-4H3,(H,36,40)/t22-/m1/s1. The molecule has 4 rings (SSSR count). The molecule has 220 valence electrons. The summed E-state index contributed by atoms with van der Waals surface area (Å²) >= 11 is 0. The molecular weight excluding hydrogens is 531 g/mol. The number of nitrogens with one attached hydrogen (secondary N) is 1. The number of hydrogen-bond acceptors (Lipinski definition) is 6. The molecule has 1 aromatic carbocycles. The zero-order valence-electron chi connectivity index (χ0n) is 24.0. The first-order chi connectivity index (χ1) is 19.6. The summed E-state index contributed by atoms with van der Waals surface area (Å²) in [6.07, 6.45) is 1.88. The highest BCUT2D eigenvalue weighted by Crippen LogP contribution is 2.30. The number of pyridine rings is 2. The SMILES string of the molecule is COc1ccc(N(Cc2cccnc2)C2CCN([C@H](C)CCNC(=O)c3c(C)cc(C(F)(F)F)nc3C)CC2)cc1. The Hall–Kier alpha value is -3.66. The molecule has 0 spiro atoms. The second-order valence-electron chi connectivity index (χ2n) is 10.6. The molecule has 3 heterocycles. The molecule has 1 aliphatic heterocycles. The van der Waals surface area contributed by atoms with Gasteiger partial charge in [0.25, 0.3) is 5.91 Å². The van der Waals surface area contributed by atoms with Gasteiger partial charge < -0.3 is 19.9 Å².